The van der Waals surface area contributed by atoms with Gasteiger partial charge in [0.15, 0.2) is 5.78 Å². The molecule has 2 nitrogen and oxygen atoms in total. The molecule has 2 unspecified atom stereocenters. The summed E-state index contributed by atoms with van der Waals surface area (Å²) < 4.78 is 0. The SMILES string of the molecule is Cc1ccc(C(=O)/C=C2/NC3CC4CC(C3)CC2C4)cc1. The fraction of sp³-hybridized carbons (Fsp3) is 0.526. The summed E-state index contributed by atoms with van der Waals surface area (Å²) in [5.74, 6) is 2.52. The molecule has 2 atom stereocenters. The summed E-state index contributed by atoms with van der Waals surface area (Å²) in [5, 5.41) is 3.69. The standard InChI is InChI=1S/C19H23NO/c1-12-2-4-15(5-3-12)19(21)11-18-16-7-13-6-14(8-16)10-17(9-13)20-18/h2-5,11,13-14,16-17,20H,6-10H2,1H3/b18-11+. The molecule has 1 N–H and O–H groups in total. The second kappa shape index (κ2) is 5.01. The molecule has 2 aliphatic heterocycles. The van der Waals surface area contributed by atoms with E-state index in [2.05, 4.69) is 12.2 Å². The number of hydrogen-bond donors (Lipinski definition) is 1. The van der Waals surface area contributed by atoms with E-state index < -0.39 is 0 Å². The molecule has 2 saturated carbocycles. The van der Waals surface area contributed by atoms with Crippen molar-refractivity contribution in [2.75, 3.05) is 0 Å². The van der Waals surface area contributed by atoms with Gasteiger partial charge < -0.3 is 5.32 Å². The Kier molecular flexibility index (Phi) is 3.13. The van der Waals surface area contributed by atoms with Crippen molar-refractivity contribution in [3.05, 3.63) is 47.2 Å². The summed E-state index contributed by atoms with van der Waals surface area (Å²) in [7, 11) is 0. The lowest BCUT2D eigenvalue weighted by Gasteiger charge is -2.37. The Morgan fingerprint density at radius 1 is 1.05 bits per heavy atom. The number of aryl methyl sites for hydroxylation is 1. The highest BCUT2D eigenvalue weighted by molar-refractivity contribution is 6.04. The Balaban J connectivity index is 1.60. The third-order valence-corrected chi connectivity index (χ3v) is 5.57. The third-order valence-electron chi connectivity index (χ3n) is 5.57. The molecule has 4 fully saturated rings. The van der Waals surface area contributed by atoms with Crippen molar-refractivity contribution in [1.82, 2.24) is 5.32 Å². The van der Waals surface area contributed by atoms with Gasteiger partial charge in [-0.3, -0.25) is 4.79 Å². The smallest absolute Gasteiger partial charge is 0.187 e. The predicted molar refractivity (Wildman–Crippen MR) is 84.1 cm³/mol. The zero-order chi connectivity index (χ0) is 14.4. The van der Waals surface area contributed by atoms with Gasteiger partial charge in [0.25, 0.3) is 0 Å². The monoisotopic (exact) mass is 281 g/mol. The Morgan fingerprint density at radius 2 is 1.71 bits per heavy atom. The Morgan fingerprint density at radius 3 is 2.38 bits per heavy atom. The van der Waals surface area contributed by atoms with Crippen molar-refractivity contribution < 1.29 is 4.79 Å². The van der Waals surface area contributed by atoms with Crippen LogP contribution in [-0.2, 0) is 0 Å². The highest BCUT2D eigenvalue weighted by atomic mass is 16.1. The lowest BCUT2D eigenvalue weighted by Crippen LogP contribution is -2.33. The van der Waals surface area contributed by atoms with Gasteiger partial charge in [-0.25, -0.2) is 0 Å². The number of benzene rings is 1. The Bertz CT molecular complexity index is 572. The lowest BCUT2D eigenvalue weighted by atomic mass is 9.68. The first-order valence-corrected chi connectivity index (χ1v) is 8.26. The summed E-state index contributed by atoms with van der Waals surface area (Å²) in [5.41, 5.74) is 3.22. The van der Waals surface area contributed by atoms with E-state index in [9.17, 15) is 4.79 Å². The first-order chi connectivity index (χ1) is 10.2. The summed E-state index contributed by atoms with van der Waals surface area (Å²) in [6.45, 7) is 2.05. The minimum atomic E-state index is 0.152. The summed E-state index contributed by atoms with van der Waals surface area (Å²) in [6, 6.07) is 8.52. The van der Waals surface area contributed by atoms with Crippen molar-refractivity contribution in [2.24, 2.45) is 17.8 Å². The van der Waals surface area contributed by atoms with Gasteiger partial charge in [-0.05, 0) is 56.8 Å². The maximum absolute atomic E-state index is 12.5. The molecule has 110 valence electrons. The van der Waals surface area contributed by atoms with Crippen LogP contribution < -0.4 is 5.32 Å². The number of rotatable bonds is 2. The van der Waals surface area contributed by atoms with Crippen LogP contribution in [-0.4, -0.2) is 11.8 Å². The maximum Gasteiger partial charge on any atom is 0.187 e. The van der Waals surface area contributed by atoms with Crippen LogP contribution in [0.3, 0.4) is 0 Å². The number of carbonyl (C=O) groups excluding carboxylic acids is 1. The second-order valence-corrected chi connectivity index (χ2v) is 7.28. The fourth-order valence-electron chi connectivity index (χ4n) is 4.68. The normalized spacial score (nSPS) is 35.6. The first-order valence-electron chi connectivity index (χ1n) is 8.26. The van der Waals surface area contributed by atoms with Crippen molar-refractivity contribution in [3.63, 3.8) is 0 Å². The van der Waals surface area contributed by atoms with E-state index in [1.165, 1.54) is 43.4 Å². The van der Waals surface area contributed by atoms with E-state index >= 15 is 0 Å². The molecule has 2 heterocycles. The van der Waals surface area contributed by atoms with Gasteiger partial charge in [0.1, 0.15) is 0 Å². The van der Waals surface area contributed by atoms with Gasteiger partial charge >= 0.3 is 0 Å². The molecule has 5 rings (SSSR count). The number of ketones is 1. The maximum atomic E-state index is 12.5. The predicted octanol–water partition coefficient (Wildman–Crippen LogP) is 3.86. The van der Waals surface area contributed by atoms with Crippen LogP contribution >= 0.6 is 0 Å². The molecule has 0 aromatic heterocycles. The molecule has 4 bridgehead atoms. The Labute approximate surface area is 126 Å². The number of carbonyl (C=O) groups is 1. The Hall–Kier alpha value is -1.57. The molecule has 4 aliphatic rings. The number of hydrogen-bond acceptors (Lipinski definition) is 2. The topological polar surface area (TPSA) is 29.1 Å². The van der Waals surface area contributed by atoms with Gasteiger partial charge in [-0.2, -0.15) is 0 Å². The van der Waals surface area contributed by atoms with E-state index in [-0.39, 0.29) is 5.78 Å². The second-order valence-electron chi connectivity index (χ2n) is 7.28. The minimum absolute atomic E-state index is 0.152. The van der Waals surface area contributed by atoms with E-state index in [1.807, 2.05) is 30.3 Å². The molecule has 2 heteroatoms. The largest absolute Gasteiger partial charge is 0.385 e. The highest BCUT2D eigenvalue weighted by Crippen LogP contribution is 2.47. The van der Waals surface area contributed by atoms with Gasteiger partial charge in [0.2, 0.25) is 0 Å². The van der Waals surface area contributed by atoms with Gasteiger partial charge in [0, 0.05) is 23.4 Å². The van der Waals surface area contributed by atoms with Crippen LogP contribution in [0.1, 0.15) is 48.0 Å². The van der Waals surface area contributed by atoms with E-state index in [1.54, 1.807) is 0 Å². The third kappa shape index (κ3) is 2.52. The van der Waals surface area contributed by atoms with Crippen molar-refractivity contribution in [1.29, 1.82) is 0 Å². The van der Waals surface area contributed by atoms with Gasteiger partial charge in [-0.15, -0.1) is 0 Å². The molecular formula is C19H23NO. The molecule has 0 amide bonds. The molecule has 1 aromatic rings. The molecular weight excluding hydrogens is 258 g/mol. The fourth-order valence-corrected chi connectivity index (χ4v) is 4.68. The average Bonchev–Trinajstić information content (AvgIpc) is 2.63. The molecule has 2 aliphatic carbocycles. The summed E-state index contributed by atoms with van der Waals surface area (Å²) >= 11 is 0. The number of fused-ring (bicyclic) bond motifs is 1. The number of allylic oxidation sites excluding steroid dienone is 2. The van der Waals surface area contributed by atoms with E-state index in [4.69, 9.17) is 0 Å². The van der Waals surface area contributed by atoms with Gasteiger partial charge in [-0.1, -0.05) is 29.8 Å². The van der Waals surface area contributed by atoms with E-state index in [0.29, 0.717) is 12.0 Å². The van der Waals surface area contributed by atoms with Gasteiger partial charge in [0.05, 0.1) is 0 Å². The zero-order valence-corrected chi connectivity index (χ0v) is 12.6. The highest BCUT2D eigenvalue weighted by Gasteiger charge is 2.41. The van der Waals surface area contributed by atoms with E-state index in [0.717, 1.165) is 17.4 Å². The summed E-state index contributed by atoms with van der Waals surface area (Å²) in [4.78, 5) is 12.5. The quantitative estimate of drug-likeness (QED) is 0.659. The van der Waals surface area contributed by atoms with Crippen LogP contribution in [0, 0.1) is 24.7 Å². The van der Waals surface area contributed by atoms with Crippen LogP contribution in [0.2, 0.25) is 0 Å². The molecule has 2 saturated heterocycles. The van der Waals surface area contributed by atoms with Crippen molar-refractivity contribution in [3.8, 4) is 0 Å². The van der Waals surface area contributed by atoms with Crippen molar-refractivity contribution in [2.45, 2.75) is 45.1 Å². The number of nitrogens with one attached hydrogen (secondary N) is 1. The lowest BCUT2D eigenvalue weighted by molar-refractivity contribution is 0.104. The molecule has 1 aromatic carbocycles. The van der Waals surface area contributed by atoms with Crippen molar-refractivity contribution >= 4 is 5.78 Å². The molecule has 0 spiro atoms. The first kappa shape index (κ1) is 13.1. The van der Waals surface area contributed by atoms with Crippen LogP contribution in [0.5, 0.6) is 0 Å². The minimum Gasteiger partial charge on any atom is -0.385 e. The average molecular weight is 281 g/mol. The van der Waals surface area contributed by atoms with Crippen LogP contribution in [0.25, 0.3) is 0 Å². The zero-order valence-electron chi connectivity index (χ0n) is 12.6. The molecule has 21 heavy (non-hydrogen) atoms. The van der Waals surface area contributed by atoms with Crippen LogP contribution in [0.4, 0.5) is 0 Å². The summed E-state index contributed by atoms with van der Waals surface area (Å²) in [6.07, 6.45) is 8.50. The molecule has 0 radical (unpaired) electrons. The van der Waals surface area contributed by atoms with Crippen LogP contribution in [0.15, 0.2) is 36.0 Å².